The van der Waals surface area contributed by atoms with Crippen LogP contribution in [-0.2, 0) is 9.59 Å². The smallest absolute Gasteiger partial charge is 0.271 e. The van der Waals surface area contributed by atoms with Crippen LogP contribution in [0.3, 0.4) is 0 Å². The molecule has 1 aliphatic heterocycles. The van der Waals surface area contributed by atoms with Gasteiger partial charge in [-0.2, -0.15) is 5.26 Å². The summed E-state index contributed by atoms with van der Waals surface area (Å²) in [7, 11) is 1.31. The van der Waals surface area contributed by atoms with Gasteiger partial charge < -0.3 is 4.42 Å². The van der Waals surface area contributed by atoms with Crippen LogP contribution < -0.4 is 0 Å². The molecule has 0 atom stereocenters. The van der Waals surface area contributed by atoms with E-state index in [4.69, 9.17) is 4.42 Å². The molecule has 0 radical (unpaired) electrons. The van der Waals surface area contributed by atoms with Crippen LogP contribution in [0.2, 0.25) is 0 Å². The number of hydrogen-bond acceptors (Lipinski definition) is 6. The van der Waals surface area contributed by atoms with E-state index < -0.39 is 16.7 Å². The van der Waals surface area contributed by atoms with Gasteiger partial charge in [0, 0.05) is 34.8 Å². The van der Waals surface area contributed by atoms with Gasteiger partial charge in [0.25, 0.3) is 17.5 Å². The van der Waals surface area contributed by atoms with Gasteiger partial charge >= 0.3 is 0 Å². The first kappa shape index (κ1) is 19.3. The molecule has 0 fully saturated rings. The van der Waals surface area contributed by atoms with E-state index in [1.807, 2.05) is 6.07 Å². The van der Waals surface area contributed by atoms with Gasteiger partial charge in [-0.1, -0.05) is 0 Å². The molecule has 9 heteroatoms. The number of hydrogen-bond donors (Lipinski definition) is 0. The molecule has 140 valence electrons. The molecule has 2 heterocycles. The Balaban J connectivity index is 2.02. The third kappa shape index (κ3) is 3.25. The molecule has 0 bridgehead atoms. The third-order valence-electron chi connectivity index (χ3n) is 4.29. The number of halogens is 1. The molecule has 0 saturated heterocycles. The minimum atomic E-state index is -0.642. The highest BCUT2D eigenvalue weighted by Crippen LogP contribution is 2.34. The van der Waals surface area contributed by atoms with Crippen LogP contribution >= 0.6 is 15.9 Å². The fourth-order valence-electron chi connectivity index (χ4n) is 2.73. The summed E-state index contributed by atoms with van der Waals surface area (Å²) in [5, 5.41) is 20.0. The lowest BCUT2D eigenvalue weighted by atomic mass is 9.95. The fourth-order valence-corrected chi connectivity index (χ4v) is 3.29. The zero-order valence-electron chi connectivity index (χ0n) is 14.7. The molecular weight excluding hydrogens is 430 g/mol. The Bertz CT molecular complexity index is 1140. The van der Waals surface area contributed by atoms with E-state index in [1.165, 1.54) is 32.2 Å². The highest BCUT2D eigenvalue weighted by Gasteiger charge is 2.33. The molecule has 2 amide bonds. The molecule has 0 unspecified atom stereocenters. The Hall–Kier alpha value is -3.51. The zero-order chi connectivity index (χ0) is 20.6. The number of nitriles is 1. The van der Waals surface area contributed by atoms with Crippen molar-refractivity contribution in [2.24, 2.45) is 0 Å². The number of nitro benzene ring substituents is 1. The molecular formula is C19H12BrN3O5. The van der Waals surface area contributed by atoms with Crippen molar-refractivity contribution in [1.82, 2.24) is 4.90 Å². The predicted octanol–water partition coefficient (Wildman–Crippen LogP) is 3.84. The summed E-state index contributed by atoms with van der Waals surface area (Å²) in [6.45, 7) is 1.53. The van der Waals surface area contributed by atoms with Crippen molar-refractivity contribution in [3.05, 3.63) is 67.4 Å². The second-order valence-electron chi connectivity index (χ2n) is 5.96. The number of carbonyl (C=O) groups excluding carboxylic acids is 2. The number of non-ortho nitro benzene ring substituents is 1. The van der Waals surface area contributed by atoms with Gasteiger partial charge in [0.15, 0.2) is 0 Å². The van der Waals surface area contributed by atoms with E-state index in [0.29, 0.717) is 21.6 Å². The Morgan fingerprint density at radius 2 is 1.96 bits per heavy atom. The third-order valence-corrected chi connectivity index (χ3v) is 4.94. The second-order valence-corrected chi connectivity index (χ2v) is 6.82. The minimum absolute atomic E-state index is 0.0603. The van der Waals surface area contributed by atoms with E-state index >= 15 is 0 Å². The maximum Gasteiger partial charge on any atom is 0.271 e. The van der Waals surface area contributed by atoms with E-state index in [9.17, 15) is 25.0 Å². The molecule has 1 aromatic carbocycles. The Labute approximate surface area is 167 Å². The van der Waals surface area contributed by atoms with E-state index in [0.717, 1.165) is 4.90 Å². The Morgan fingerprint density at radius 3 is 2.57 bits per heavy atom. The topological polar surface area (TPSA) is 117 Å². The number of amides is 2. The summed E-state index contributed by atoms with van der Waals surface area (Å²) in [6.07, 6.45) is 1.46. The van der Waals surface area contributed by atoms with E-state index in [1.54, 1.807) is 18.2 Å². The van der Waals surface area contributed by atoms with Crippen LogP contribution in [0.5, 0.6) is 0 Å². The molecule has 28 heavy (non-hydrogen) atoms. The summed E-state index contributed by atoms with van der Waals surface area (Å²) in [6, 6.07) is 9.39. The van der Waals surface area contributed by atoms with Crippen molar-refractivity contribution >= 4 is 39.5 Å². The maximum absolute atomic E-state index is 12.4. The molecule has 1 aliphatic rings. The lowest BCUT2D eigenvalue weighted by Gasteiger charge is -2.23. The van der Waals surface area contributed by atoms with Gasteiger partial charge in [0.1, 0.15) is 23.2 Å². The SMILES string of the molecule is CC1=C(C#N)C(=O)N(C)C(=O)/C1=C/c1ccc(-c2ccc([N+](=O)[O-])cc2Br)o1. The zero-order valence-corrected chi connectivity index (χ0v) is 16.3. The predicted molar refractivity (Wildman–Crippen MR) is 103 cm³/mol. The van der Waals surface area contributed by atoms with Crippen LogP contribution in [0.1, 0.15) is 12.7 Å². The number of nitrogens with zero attached hydrogens (tertiary/aromatic N) is 3. The van der Waals surface area contributed by atoms with Crippen molar-refractivity contribution < 1.29 is 18.9 Å². The summed E-state index contributed by atoms with van der Waals surface area (Å²) >= 11 is 3.29. The largest absolute Gasteiger partial charge is 0.457 e. The highest BCUT2D eigenvalue weighted by molar-refractivity contribution is 9.10. The number of imide groups is 1. The molecule has 0 aliphatic carbocycles. The normalized spacial score (nSPS) is 15.9. The van der Waals surface area contributed by atoms with Gasteiger partial charge in [0.2, 0.25) is 0 Å². The lowest BCUT2D eigenvalue weighted by molar-refractivity contribution is -0.384. The number of furan rings is 1. The first-order valence-corrected chi connectivity index (χ1v) is 8.73. The fraction of sp³-hybridized carbons (Fsp3) is 0.105. The first-order chi connectivity index (χ1) is 13.2. The molecule has 1 aromatic heterocycles. The van der Waals surface area contributed by atoms with Crippen LogP contribution in [0.15, 0.2) is 55.9 Å². The quantitative estimate of drug-likeness (QED) is 0.309. The first-order valence-electron chi connectivity index (χ1n) is 7.94. The second kappa shape index (κ2) is 7.25. The van der Waals surface area contributed by atoms with Crippen molar-refractivity contribution in [3.8, 4) is 17.4 Å². The highest BCUT2D eigenvalue weighted by atomic mass is 79.9. The lowest BCUT2D eigenvalue weighted by Crippen LogP contribution is -2.39. The number of likely N-dealkylation sites (N-methyl/N-ethyl adjacent to an activating group) is 1. The van der Waals surface area contributed by atoms with E-state index in [-0.39, 0.29) is 22.4 Å². The summed E-state index contributed by atoms with van der Waals surface area (Å²) < 4.78 is 6.23. The minimum Gasteiger partial charge on any atom is -0.457 e. The molecule has 3 rings (SSSR count). The average molecular weight is 442 g/mol. The molecule has 0 spiro atoms. The summed E-state index contributed by atoms with van der Waals surface area (Å²) in [4.78, 5) is 35.7. The van der Waals surface area contributed by atoms with Crippen molar-refractivity contribution in [3.63, 3.8) is 0 Å². The van der Waals surface area contributed by atoms with Crippen LogP contribution in [0, 0.1) is 21.4 Å². The van der Waals surface area contributed by atoms with Crippen molar-refractivity contribution in [2.75, 3.05) is 7.05 Å². The van der Waals surface area contributed by atoms with Gasteiger partial charge in [0.05, 0.1) is 4.92 Å². The van der Waals surface area contributed by atoms with Gasteiger partial charge in [-0.3, -0.25) is 24.6 Å². The van der Waals surface area contributed by atoms with Crippen molar-refractivity contribution in [1.29, 1.82) is 5.26 Å². The number of rotatable bonds is 3. The summed E-state index contributed by atoms with van der Waals surface area (Å²) in [5.74, 6) is -0.403. The molecule has 2 aromatic rings. The average Bonchev–Trinajstić information content (AvgIpc) is 3.12. The van der Waals surface area contributed by atoms with Crippen LogP contribution in [-0.4, -0.2) is 28.7 Å². The van der Waals surface area contributed by atoms with Crippen LogP contribution in [0.25, 0.3) is 17.4 Å². The van der Waals surface area contributed by atoms with Crippen molar-refractivity contribution in [2.45, 2.75) is 6.92 Å². The van der Waals surface area contributed by atoms with Gasteiger partial charge in [-0.25, -0.2) is 0 Å². The Morgan fingerprint density at radius 1 is 1.25 bits per heavy atom. The standard InChI is InChI=1S/C19H12BrN3O5/c1-10-14(18(24)22(2)19(25)15(10)9-21)8-12-4-6-17(28-12)13-5-3-11(23(26)27)7-16(13)20/h3-8H,1-2H3/b14-8+. The number of benzene rings is 1. The monoisotopic (exact) mass is 441 g/mol. The molecule has 0 saturated carbocycles. The van der Waals surface area contributed by atoms with Gasteiger partial charge in [-0.05, 0) is 52.7 Å². The number of carbonyl (C=O) groups is 2. The van der Waals surface area contributed by atoms with Gasteiger partial charge in [-0.15, -0.1) is 0 Å². The van der Waals surface area contributed by atoms with Crippen LogP contribution in [0.4, 0.5) is 5.69 Å². The van der Waals surface area contributed by atoms with E-state index in [2.05, 4.69) is 15.9 Å². The molecule has 0 N–H and O–H groups in total. The molecule has 8 nitrogen and oxygen atoms in total. The maximum atomic E-state index is 12.4. The number of nitro groups is 1. The Kier molecular flexibility index (Phi) is 4.98. The summed E-state index contributed by atoms with van der Waals surface area (Å²) in [5.41, 5.74) is 0.906.